The van der Waals surface area contributed by atoms with Crippen molar-refractivity contribution in [1.82, 2.24) is 4.90 Å². The second kappa shape index (κ2) is 5.88. The second-order valence-corrected chi connectivity index (χ2v) is 4.04. The highest BCUT2D eigenvalue weighted by atomic mass is 16.5. The largest absolute Gasteiger partial charge is 0.368 e. The number of hydrogen-bond donors (Lipinski definition) is 1. The highest BCUT2D eigenvalue weighted by Crippen LogP contribution is 2.21. The van der Waals surface area contributed by atoms with Gasteiger partial charge in [0.1, 0.15) is 6.61 Å². The van der Waals surface area contributed by atoms with E-state index in [1.807, 2.05) is 4.90 Å². The van der Waals surface area contributed by atoms with Crippen LogP contribution in [0.5, 0.6) is 0 Å². The van der Waals surface area contributed by atoms with Crippen LogP contribution in [0, 0.1) is 5.92 Å². The molecule has 1 amide bonds. The maximum Gasteiger partial charge on any atom is 0.248 e. The molecular formula is C11H20N2O2. The Morgan fingerprint density at radius 3 is 3.00 bits per heavy atom. The zero-order chi connectivity index (χ0) is 11.3. The van der Waals surface area contributed by atoms with Gasteiger partial charge in [0, 0.05) is 12.6 Å². The van der Waals surface area contributed by atoms with Crippen LogP contribution in [0.25, 0.3) is 0 Å². The van der Waals surface area contributed by atoms with E-state index < -0.39 is 0 Å². The summed E-state index contributed by atoms with van der Waals surface area (Å²) in [5.74, 6) is 0.503. The summed E-state index contributed by atoms with van der Waals surface area (Å²) in [6.45, 7) is 7.58. The van der Waals surface area contributed by atoms with Crippen molar-refractivity contribution in [1.29, 1.82) is 0 Å². The van der Waals surface area contributed by atoms with E-state index in [1.165, 1.54) is 0 Å². The maximum atomic E-state index is 11.7. The summed E-state index contributed by atoms with van der Waals surface area (Å²) in [5.41, 5.74) is 5.60. The summed E-state index contributed by atoms with van der Waals surface area (Å²) in [7, 11) is 0. The SMILES string of the molecule is C=CCOCC(=O)N1CC(CN)CC1C. The molecule has 0 bridgehead atoms. The molecule has 0 aromatic rings. The lowest BCUT2D eigenvalue weighted by Crippen LogP contribution is -2.37. The van der Waals surface area contributed by atoms with Gasteiger partial charge < -0.3 is 15.4 Å². The second-order valence-electron chi connectivity index (χ2n) is 4.04. The van der Waals surface area contributed by atoms with Crippen molar-refractivity contribution < 1.29 is 9.53 Å². The van der Waals surface area contributed by atoms with Crippen LogP contribution >= 0.6 is 0 Å². The Kier molecular flexibility index (Phi) is 4.78. The first kappa shape index (κ1) is 12.2. The molecule has 0 aromatic heterocycles. The van der Waals surface area contributed by atoms with E-state index in [2.05, 4.69) is 13.5 Å². The molecule has 0 aromatic carbocycles. The summed E-state index contributed by atoms with van der Waals surface area (Å²) in [4.78, 5) is 13.6. The molecule has 1 rings (SSSR count). The Bertz CT molecular complexity index is 231. The summed E-state index contributed by atoms with van der Waals surface area (Å²) < 4.78 is 5.13. The number of nitrogens with zero attached hydrogens (tertiary/aromatic N) is 1. The van der Waals surface area contributed by atoms with Crippen LogP contribution in [0.3, 0.4) is 0 Å². The number of ether oxygens (including phenoxy) is 1. The first-order chi connectivity index (χ1) is 7.19. The van der Waals surface area contributed by atoms with Crippen LogP contribution in [-0.4, -0.2) is 43.2 Å². The lowest BCUT2D eigenvalue weighted by molar-refractivity contribution is -0.136. The van der Waals surface area contributed by atoms with E-state index in [0.717, 1.165) is 13.0 Å². The van der Waals surface area contributed by atoms with Gasteiger partial charge in [-0.25, -0.2) is 0 Å². The minimum atomic E-state index is 0.0558. The van der Waals surface area contributed by atoms with Gasteiger partial charge in [-0.2, -0.15) is 0 Å². The lowest BCUT2D eigenvalue weighted by atomic mass is 10.1. The van der Waals surface area contributed by atoms with Crippen molar-refractivity contribution in [3.63, 3.8) is 0 Å². The average molecular weight is 212 g/mol. The van der Waals surface area contributed by atoms with E-state index in [4.69, 9.17) is 10.5 Å². The van der Waals surface area contributed by atoms with E-state index >= 15 is 0 Å². The van der Waals surface area contributed by atoms with Gasteiger partial charge in [0.05, 0.1) is 6.61 Å². The van der Waals surface area contributed by atoms with Crippen molar-refractivity contribution in [3.05, 3.63) is 12.7 Å². The van der Waals surface area contributed by atoms with Gasteiger partial charge >= 0.3 is 0 Å². The minimum Gasteiger partial charge on any atom is -0.368 e. The number of likely N-dealkylation sites (tertiary alicyclic amines) is 1. The molecule has 0 spiro atoms. The molecule has 2 atom stereocenters. The first-order valence-corrected chi connectivity index (χ1v) is 5.37. The Hall–Kier alpha value is -0.870. The standard InChI is InChI=1S/C11H20N2O2/c1-3-4-15-8-11(14)13-7-10(6-12)5-9(13)2/h3,9-10H,1,4-8,12H2,2H3. The van der Waals surface area contributed by atoms with Gasteiger partial charge in [0.2, 0.25) is 5.91 Å². The van der Waals surface area contributed by atoms with E-state index in [9.17, 15) is 4.79 Å². The highest BCUT2D eigenvalue weighted by Gasteiger charge is 2.31. The van der Waals surface area contributed by atoms with Crippen molar-refractivity contribution in [2.45, 2.75) is 19.4 Å². The van der Waals surface area contributed by atoms with E-state index in [-0.39, 0.29) is 12.5 Å². The van der Waals surface area contributed by atoms with Gasteiger partial charge in [-0.3, -0.25) is 4.79 Å². The molecule has 15 heavy (non-hydrogen) atoms. The molecule has 1 heterocycles. The normalized spacial score (nSPS) is 25.6. The molecule has 2 unspecified atom stereocenters. The Labute approximate surface area is 91.1 Å². The number of hydrogen-bond acceptors (Lipinski definition) is 3. The number of amides is 1. The van der Waals surface area contributed by atoms with Crippen molar-refractivity contribution in [2.24, 2.45) is 11.7 Å². The molecular weight excluding hydrogens is 192 g/mol. The molecule has 86 valence electrons. The molecule has 4 heteroatoms. The summed E-state index contributed by atoms with van der Waals surface area (Å²) >= 11 is 0. The fourth-order valence-corrected chi connectivity index (χ4v) is 1.97. The fourth-order valence-electron chi connectivity index (χ4n) is 1.97. The van der Waals surface area contributed by atoms with Crippen molar-refractivity contribution in [2.75, 3.05) is 26.3 Å². The van der Waals surface area contributed by atoms with Gasteiger partial charge in [0.25, 0.3) is 0 Å². The topological polar surface area (TPSA) is 55.6 Å². The Morgan fingerprint density at radius 2 is 2.47 bits per heavy atom. The smallest absolute Gasteiger partial charge is 0.248 e. The Morgan fingerprint density at radius 1 is 1.73 bits per heavy atom. The molecule has 1 saturated heterocycles. The maximum absolute atomic E-state index is 11.7. The molecule has 1 aliphatic rings. The van der Waals surface area contributed by atoms with Crippen LogP contribution in [0.15, 0.2) is 12.7 Å². The summed E-state index contributed by atoms with van der Waals surface area (Å²) in [6, 6.07) is 0.290. The lowest BCUT2D eigenvalue weighted by Gasteiger charge is -2.21. The van der Waals surface area contributed by atoms with Gasteiger partial charge in [-0.05, 0) is 25.8 Å². The summed E-state index contributed by atoms with van der Waals surface area (Å²) in [6.07, 6.45) is 2.65. The zero-order valence-corrected chi connectivity index (χ0v) is 9.32. The van der Waals surface area contributed by atoms with Crippen LogP contribution in [0.1, 0.15) is 13.3 Å². The molecule has 1 aliphatic heterocycles. The predicted molar refractivity (Wildman–Crippen MR) is 59.4 cm³/mol. The minimum absolute atomic E-state index is 0.0558. The fraction of sp³-hybridized carbons (Fsp3) is 0.727. The molecule has 4 nitrogen and oxygen atoms in total. The monoisotopic (exact) mass is 212 g/mol. The number of carbonyl (C=O) groups is 1. The van der Waals surface area contributed by atoms with Crippen molar-refractivity contribution in [3.8, 4) is 0 Å². The van der Waals surface area contributed by atoms with Crippen LogP contribution < -0.4 is 5.73 Å². The third-order valence-corrected chi connectivity index (χ3v) is 2.78. The first-order valence-electron chi connectivity index (χ1n) is 5.37. The van der Waals surface area contributed by atoms with Crippen LogP contribution in [0.4, 0.5) is 0 Å². The third-order valence-electron chi connectivity index (χ3n) is 2.78. The molecule has 2 N–H and O–H groups in total. The predicted octanol–water partition coefficient (Wildman–Crippen LogP) is 0.385. The van der Waals surface area contributed by atoms with E-state index in [1.54, 1.807) is 6.08 Å². The molecule has 0 aliphatic carbocycles. The summed E-state index contributed by atoms with van der Waals surface area (Å²) in [5, 5.41) is 0. The molecule has 0 saturated carbocycles. The average Bonchev–Trinajstić information content (AvgIpc) is 2.60. The van der Waals surface area contributed by atoms with Gasteiger partial charge in [0.15, 0.2) is 0 Å². The van der Waals surface area contributed by atoms with Crippen molar-refractivity contribution >= 4 is 5.91 Å². The number of carbonyl (C=O) groups excluding carboxylic acids is 1. The van der Waals surface area contributed by atoms with Gasteiger partial charge in [-0.1, -0.05) is 6.08 Å². The van der Waals surface area contributed by atoms with E-state index in [0.29, 0.717) is 25.1 Å². The number of rotatable bonds is 5. The van der Waals surface area contributed by atoms with Crippen LogP contribution in [0.2, 0.25) is 0 Å². The third kappa shape index (κ3) is 3.32. The quantitative estimate of drug-likeness (QED) is 0.529. The van der Waals surface area contributed by atoms with Gasteiger partial charge in [-0.15, -0.1) is 6.58 Å². The Balaban J connectivity index is 2.35. The van der Waals surface area contributed by atoms with Crippen LogP contribution in [-0.2, 0) is 9.53 Å². The molecule has 0 radical (unpaired) electrons. The molecule has 1 fully saturated rings. The highest BCUT2D eigenvalue weighted by molar-refractivity contribution is 5.78. The zero-order valence-electron chi connectivity index (χ0n) is 9.32. The number of nitrogens with two attached hydrogens (primary N) is 1.